The molecule has 4 nitrogen and oxygen atoms in total. The first-order valence-corrected chi connectivity index (χ1v) is 9.39. The van der Waals surface area contributed by atoms with Crippen LogP contribution in [-0.2, 0) is 21.7 Å². The molecule has 2 unspecified atom stereocenters. The number of carbonyl (C=O) groups is 1. The summed E-state index contributed by atoms with van der Waals surface area (Å²) >= 11 is 0. The fourth-order valence-corrected chi connectivity index (χ4v) is 4.04. The van der Waals surface area contributed by atoms with Crippen molar-refractivity contribution in [2.24, 2.45) is 0 Å². The van der Waals surface area contributed by atoms with E-state index < -0.39 is 17.6 Å². The van der Waals surface area contributed by atoms with Crippen LogP contribution in [0.25, 0.3) is 0 Å². The number of carboxylic acid groups (broad SMARTS) is 1. The van der Waals surface area contributed by atoms with Gasteiger partial charge in [0.2, 0.25) is 0 Å². The molecule has 0 radical (unpaired) electrons. The number of halogens is 1. The van der Waals surface area contributed by atoms with Crippen LogP contribution < -0.4 is 0 Å². The van der Waals surface area contributed by atoms with Crippen LogP contribution in [0.15, 0.2) is 48.5 Å². The Balaban J connectivity index is 1.83. The number of likely N-dealkylation sites (N-methyl/N-ethyl adjacent to an activating group) is 1. The summed E-state index contributed by atoms with van der Waals surface area (Å²) < 4.78 is 19.7. The van der Waals surface area contributed by atoms with Gasteiger partial charge in [-0.15, -0.1) is 0 Å². The van der Waals surface area contributed by atoms with Gasteiger partial charge in [-0.25, -0.2) is 4.39 Å². The van der Waals surface area contributed by atoms with Gasteiger partial charge in [0, 0.05) is 0 Å². The summed E-state index contributed by atoms with van der Waals surface area (Å²) in [4.78, 5) is 13.2. The van der Waals surface area contributed by atoms with Gasteiger partial charge in [-0.2, -0.15) is 0 Å². The van der Waals surface area contributed by atoms with Gasteiger partial charge in [0.05, 0.1) is 6.61 Å². The standard InChI is InChI=1S/C22H26FNO3/c1-3-20(21(25)26)24(2)14-6-13-22(17-9-11-18(23)12-10-17)19-8-5-4-7-16(19)15-27-22/h4-5,7-12,20H,3,6,13-15H2,1-2H3,(H,25,26). The first kappa shape index (κ1) is 19.5. The van der Waals surface area contributed by atoms with Crippen molar-refractivity contribution in [3.63, 3.8) is 0 Å². The van der Waals surface area contributed by atoms with E-state index in [0.29, 0.717) is 26.0 Å². The lowest BCUT2D eigenvalue weighted by atomic mass is 9.82. The van der Waals surface area contributed by atoms with Crippen molar-refractivity contribution in [3.8, 4) is 0 Å². The zero-order chi connectivity index (χ0) is 19.4. The van der Waals surface area contributed by atoms with E-state index in [0.717, 1.165) is 23.1 Å². The molecule has 1 N–H and O–H groups in total. The van der Waals surface area contributed by atoms with E-state index >= 15 is 0 Å². The van der Waals surface area contributed by atoms with E-state index in [-0.39, 0.29) is 5.82 Å². The first-order chi connectivity index (χ1) is 13.0. The molecular formula is C22H26FNO3. The third-order valence-corrected chi connectivity index (χ3v) is 5.48. The summed E-state index contributed by atoms with van der Waals surface area (Å²) in [5.41, 5.74) is 2.58. The smallest absolute Gasteiger partial charge is 0.320 e. The minimum absolute atomic E-state index is 0.271. The first-order valence-electron chi connectivity index (χ1n) is 9.39. The summed E-state index contributed by atoms with van der Waals surface area (Å²) in [7, 11) is 1.84. The number of hydrogen-bond acceptors (Lipinski definition) is 3. The predicted octanol–water partition coefficient (Wildman–Crippen LogP) is 4.17. The molecule has 0 amide bonds. The number of benzene rings is 2. The molecule has 2 aromatic rings. The van der Waals surface area contributed by atoms with E-state index in [2.05, 4.69) is 12.1 Å². The van der Waals surface area contributed by atoms with Crippen LogP contribution in [0.1, 0.15) is 42.9 Å². The van der Waals surface area contributed by atoms with E-state index in [1.54, 1.807) is 12.1 Å². The summed E-state index contributed by atoms with van der Waals surface area (Å²) in [6.07, 6.45) is 2.04. The number of carboxylic acids is 1. The highest BCUT2D eigenvalue weighted by Crippen LogP contribution is 2.45. The molecule has 0 saturated carbocycles. The van der Waals surface area contributed by atoms with Crippen molar-refractivity contribution in [2.75, 3.05) is 13.6 Å². The molecule has 0 fully saturated rings. The van der Waals surface area contributed by atoms with Crippen LogP contribution in [0, 0.1) is 5.82 Å². The summed E-state index contributed by atoms with van der Waals surface area (Å²) in [5.74, 6) is -1.07. The number of hydrogen-bond donors (Lipinski definition) is 1. The van der Waals surface area contributed by atoms with Crippen LogP contribution in [0.5, 0.6) is 0 Å². The van der Waals surface area contributed by atoms with Crippen LogP contribution in [-0.4, -0.2) is 35.6 Å². The Morgan fingerprint density at radius 3 is 2.63 bits per heavy atom. The molecule has 27 heavy (non-hydrogen) atoms. The lowest BCUT2D eigenvalue weighted by molar-refractivity contribution is -0.142. The highest BCUT2D eigenvalue weighted by molar-refractivity contribution is 5.73. The lowest BCUT2D eigenvalue weighted by Crippen LogP contribution is -2.39. The van der Waals surface area contributed by atoms with Gasteiger partial charge in [0.1, 0.15) is 17.5 Å². The predicted molar refractivity (Wildman–Crippen MR) is 102 cm³/mol. The van der Waals surface area contributed by atoms with Gasteiger partial charge < -0.3 is 9.84 Å². The SMILES string of the molecule is CCC(C(=O)O)N(C)CCCC1(c2ccc(F)cc2)OCc2ccccc21. The topological polar surface area (TPSA) is 49.8 Å². The Morgan fingerprint density at radius 1 is 1.26 bits per heavy atom. The monoisotopic (exact) mass is 371 g/mol. The molecule has 2 atom stereocenters. The molecule has 0 saturated heterocycles. The maximum Gasteiger partial charge on any atom is 0.320 e. The third-order valence-electron chi connectivity index (χ3n) is 5.48. The molecule has 3 rings (SSSR count). The van der Waals surface area contributed by atoms with Crippen LogP contribution >= 0.6 is 0 Å². The average Bonchev–Trinajstić information content (AvgIpc) is 3.02. The highest BCUT2D eigenvalue weighted by Gasteiger charge is 2.41. The highest BCUT2D eigenvalue weighted by atomic mass is 19.1. The van der Waals surface area contributed by atoms with Gasteiger partial charge in [0.15, 0.2) is 0 Å². The fraction of sp³-hybridized carbons (Fsp3) is 0.409. The van der Waals surface area contributed by atoms with Gasteiger partial charge in [-0.1, -0.05) is 43.3 Å². The van der Waals surface area contributed by atoms with Crippen LogP contribution in [0.2, 0.25) is 0 Å². The van der Waals surface area contributed by atoms with Gasteiger partial charge >= 0.3 is 5.97 Å². The second-order valence-electron chi connectivity index (χ2n) is 7.13. The molecule has 0 bridgehead atoms. The van der Waals surface area contributed by atoms with Gasteiger partial charge in [-0.3, -0.25) is 9.69 Å². The second kappa shape index (κ2) is 8.19. The van der Waals surface area contributed by atoms with E-state index in [1.165, 1.54) is 12.1 Å². The normalized spacial score (nSPS) is 19.9. The molecule has 0 aromatic heterocycles. The maximum absolute atomic E-state index is 13.5. The molecule has 0 aliphatic carbocycles. The molecule has 1 aliphatic rings. The zero-order valence-electron chi connectivity index (χ0n) is 15.8. The Morgan fingerprint density at radius 2 is 1.96 bits per heavy atom. The minimum atomic E-state index is -0.796. The number of ether oxygens (including phenoxy) is 1. The number of aliphatic carboxylic acids is 1. The molecule has 1 aliphatic heterocycles. The number of nitrogens with zero attached hydrogens (tertiary/aromatic N) is 1. The van der Waals surface area contributed by atoms with Crippen LogP contribution in [0.3, 0.4) is 0 Å². The summed E-state index contributed by atoms with van der Waals surface area (Å²) in [6.45, 7) is 3.06. The molecule has 5 heteroatoms. The third kappa shape index (κ3) is 3.89. The minimum Gasteiger partial charge on any atom is -0.480 e. The van der Waals surface area contributed by atoms with Gasteiger partial charge in [0.25, 0.3) is 0 Å². The second-order valence-corrected chi connectivity index (χ2v) is 7.13. The van der Waals surface area contributed by atoms with E-state index in [4.69, 9.17) is 4.74 Å². The van der Waals surface area contributed by atoms with Crippen molar-refractivity contribution < 1.29 is 19.0 Å². The molecular weight excluding hydrogens is 345 g/mol. The number of fused-ring (bicyclic) bond motifs is 1. The quantitative estimate of drug-likeness (QED) is 0.756. The maximum atomic E-state index is 13.5. The Bertz CT molecular complexity index is 792. The van der Waals surface area contributed by atoms with Crippen molar-refractivity contribution >= 4 is 5.97 Å². The van der Waals surface area contributed by atoms with Crippen molar-refractivity contribution in [1.29, 1.82) is 0 Å². The Kier molecular flexibility index (Phi) is 5.92. The van der Waals surface area contributed by atoms with Crippen LogP contribution in [0.4, 0.5) is 4.39 Å². The Hall–Kier alpha value is -2.24. The van der Waals surface area contributed by atoms with Crippen molar-refractivity contribution in [3.05, 3.63) is 71.0 Å². The van der Waals surface area contributed by atoms with E-state index in [1.807, 2.05) is 31.0 Å². The Labute approximate surface area is 159 Å². The lowest BCUT2D eigenvalue weighted by Gasteiger charge is -2.32. The largest absolute Gasteiger partial charge is 0.480 e. The number of rotatable bonds is 8. The fourth-order valence-electron chi connectivity index (χ4n) is 4.04. The van der Waals surface area contributed by atoms with Gasteiger partial charge in [-0.05, 0) is 61.7 Å². The zero-order valence-corrected chi connectivity index (χ0v) is 15.8. The molecule has 2 aromatic carbocycles. The average molecular weight is 371 g/mol. The molecule has 144 valence electrons. The van der Waals surface area contributed by atoms with Crippen molar-refractivity contribution in [2.45, 2.75) is 44.4 Å². The summed E-state index contributed by atoms with van der Waals surface area (Å²) in [5, 5.41) is 9.34. The molecule has 1 heterocycles. The molecule has 0 spiro atoms. The summed E-state index contributed by atoms with van der Waals surface area (Å²) in [6, 6.07) is 14.1. The van der Waals surface area contributed by atoms with Crippen molar-refractivity contribution in [1.82, 2.24) is 4.90 Å². The van der Waals surface area contributed by atoms with E-state index in [9.17, 15) is 14.3 Å².